The molecule has 5 nitrogen and oxygen atoms in total. The van der Waals surface area contributed by atoms with Gasteiger partial charge in [-0.2, -0.15) is 0 Å². The van der Waals surface area contributed by atoms with Crippen molar-refractivity contribution in [3.05, 3.63) is 95.1 Å². The number of hydrogen-bond donors (Lipinski definition) is 2. The third kappa shape index (κ3) is 5.31. The number of fused-ring (bicyclic) bond motifs is 1. The number of hydrogen-bond acceptors (Lipinski definition) is 3. The van der Waals surface area contributed by atoms with Crippen molar-refractivity contribution < 1.29 is 14.3 Å². The number of nitrogens with one attached hydrogen (secondary N) is 2. The van der Waals surface area contributed by atoms with Crippen LogP contribution in [-0.2, 0) is 9.53 Å². The van der Waals surface area contributed by atoms with E-state index in [4.69, 9.17) is 21.1 Å². The molecule has 4 aromatic rings. The summed E-state index contributed by atoms with van der Waals surface area (Å²) in [6.45, 7) is 0.943. The third-order valence-electron chi connectivity index (χ3n) is 5.31. The molecule has 0 radical (unpaired) electrons. The molecule has 3 aromatic carbocycles. The normalized spacial score (nSPS) is 11.9. The van der Waals surface area contributed by atoms with Gasteiger partial charge in [-0.25, -0.2) is 0 Å². The Morgan fingerprint density at radius 2 is 1.84 bits per heavy atom. The fourth-order valence-corrected chi connectivity index (χ4v) is 3.95. The number of halogens is 1. The highest BCUT2D eigenvalue weighted by Crippen LogP contribution is 2.36. The number of H-pyrrole nitrogens is 1. The van der Waals surface area contributed by atoms with Crippen molar-refractivity contribution in [2.45, 2.75) is 12.3 Å². The highest BCUT2D eigenvalue weighted by atomic mass is 35.5. The molecule has 1 atom stereocenters. The van der Waals surface area contributed by atoms with Gasteiger partial charge in [0.15, 0.2) is 0 Å². The maximum Gasteiger partial charge on any atom is 0.221 e. The Morgan fingerprint density at radius 1 is 1.03 bits per heavy atom. The van der Waals surface area contributed by atoms with Gasteiger partial charge < -0.3 is 19.8 Å². The SMILES string of the molecule is COCCNC(=O)C[C@H](c1cccc(Oc2ccccc2)c1)c1c[nH]c2ccc(Cl)cc12. The van der Waals surface area contributed by atoms with Crippen LogP contribution in [-0.4, -0.2) is 31.2 Å². The van der Waals surface area contributed by atoms with Crippen LogP contribution in [0.2, 0.25) is 5.02 Å². The molecule has 1 amide bonds. The highest BCUT2D eigenvalue weighted by molar-refractivity contribution is 6.31. The molecule has 2 N–H and O–H groups in total. The van der Waals surface area contributed by atoms with Crippen LogP contribution in [0.5, 0.6) is 11.5 Å². The number of carbonyl (C=O) groups excluding carboxylic acids is 1. The molecule has 1 heterocycles. The number of aromatic amines is 1. The van der Waals surface area contributed by atoms with Crippen molar-refractivity contribution in [1.29, 1.82) is 0 Å². The van der Waals surface area contributed by atoms with Crippen LogP contribution in [0, 0.1) is 0 Å². The summed E-state index contributed by atoms with van der Waals surface area (Å²) in [4.78, 5) is 16.0. The molecule has 0 saturated heterocycles. The summed E-state index contributed by atoms with van der Waals surface area (Å²) in [6.07, 6.45) is 2.25. The zero-order chi connectivity index (χ0) is 22.3. The summed E-state index contributed by atoms with van der Waals surface area (Å²) in [5.74, 6) is 1.26. The number of aromatic nitrogens is 1. The van der Waals surface area contributed by atoms with Gasteiger partial charge in [0.2, 0.25) is 5.91 Å². The van der Waals surface area contributed by atoms with Gasteiger partial charge in [0.1, 0.15) is 11.5 Å². The quantitative estimate of drug-likeness (QED) is 0.313. The zero-order valence-corrected chi connectivity index (χ0v) is 18.6. The lowest BCUT2D eigenvalue weighted by atomic mass is 9.88. The molecular weight excluding hydrogens is 424 g/mol. The topological polar surface area (TPSA) is 63.4 Å². The van der Waals surface area contributed by atoms with Crippen LogP contribution in [0.1, 0.15) is 23.5 Å². The number of amides is 1. The smallest absolute Gasteiger partial charge is 0.221 e. The minimum atomic E-state index is -0.177. The minimum Gasteiger partial charge on any atom is -0.457 e. The minimum absolute atomic E-state index is 0.0437. The summed E-state index contributed by atoms with van der Waals surface area (Å²) in [6, 6.07) is 23.2. The van der Waals surface area contributed by atoms with E-state index < -0.39 is 0 Å². The van der Waals surface area contributed by atoms with Crippen molar-refractivity contribution in [1.82, 2.24) is 10.3 Å². The van der Waals surface area contributed by atoms with E-state index in [0.717, 1.165) is 33.5 Å². The van der Waals surface area contributed by atoms with Gasteiger partial charge in [0, 0.05) is 48.1 Å². The Kier molecular flexibility index (Phi) is 7.10. The average molecular weight is 449 g/mol. The largest absolute Gasteiger partial charge is 0.457 e. The molecule has 0 unspecified atom stereocenters. The maximum absolute atomic E-state index is 12.7. The lowest BCUT2D eigenvalue weighted by molar-refractivity contribution is -0.121. The summed E-state index contributed by atoms with van der Waals surface area (Å²) < 4.78 is 11.1. The first kappa shape index (κ1) is 21.9. The van der Waals surface area contributed by atoms with Gasteiger partial charge >= 0.3 is 0 Å². The maximum atomic E-state index is 12.7. The van der Waals surface area contributed by atoms with E-state index in [0.29, 0.717) is 18.2 Å². The number of methoxy groups -OCH3 is 1. The van der Waals surface area contributed by atoms with Crippen LogP contribution < -0.4 is 10.1 Å². The molecule has 0 spiro atoms. The Morgan fingerprint density at radius 3 is 2.66 bits per heavy atom. The first-order valence-corrected chi connectivity index (χ1v) is 10.9. The van der Waals surface area contributed by atoms with Crippen molar-refractivity contribution in [3.63, 3.8) is 0 Å². The molecule has 0 saturated carbocycles. The van der Waals surface area contributed by atoms with Gasteiger partial charge in [0.25, 0.3) is 0 Å². The number of ether oxygens (including phenoxy) is 2. The molecule has 164 valence electrons. The van der Waals surface area contributed by atoms with Gasteiger partial charge in [-0.15, -0.1) is 0 Å². The second-order valence-electron chi connectivity index (χ2n) is 7.52. The second kappa shape index (κ2) is 10.4. The molecule has 0 aliphatic rings. The zero-order valence-electron chi connectivity index (χ0n) is 17.8. The predicted molar refractivity (Wildman–Crippen MR) is 128 cm³/mol. The van der Waals surface area contributed by atoms with Crippen LogP contribution >= 0.6 is 11.6 Å². The van der Waals surface area contributed by atoms with Crippen molar-refractivity contribution in [2.75, 3.05) is 20.3 Å². The molecule has 0 fully saturated rings. The Bertz CT molecular complexity index is 1190. The fourth-order valence-electron chi connectivity index (χ4n) is 3.78. The summed E-state index contributed by atoms with van der Waals surface area (Å²) in [5.41, 5.74) is 2.98. The molecule has 6 heteroatoms. The molecule has 0 bridgehead atoms. The number of rotatable bonds is 9. The lowest BCUT2D eigenvalue weighted by Gasteiger charge is -2.18. The van der Waals surface area contributed by atoms with Crippen molar-refractivity contribution in [2.24, 2.45) is 0 Å². The number of para-hydroxylation sites is 1. The first-order chi connectivity index (χ1) is 15.6. The van der Waals surface area contributed by atoms with Gasteiger partial charge in [0.05, 0.1) is 6.61 Å². The van der Waals surface area contributed by atoms with E-state index in [1.807, 2.05) is 79.0 Å². The van der Waals surface area contributed by atoms with E-state index >= 15 is 0 Å². The van der Waals surface area contributed by atoms with E-state index in [-0.39, 0.29) is 18.2 Å². The molecular formula is C26H25ClN2O3. The standard InChI is InChI=1S/C26H25ClN2O3/c1-31-13-12-28-26(30)16-22(24-17-29-25-11-10-19(27)15-23(24)25)18-6-5-9-21(14-18)32-20-7-3-2-4-8-20/h2-11,14-15,17,22,29H,12-13,16H2,1H3,(H,28,30)/t22-/m1/s1. The molecule has 4 rings (SSSR count). The number of benzene rings is 3. The van der Waals surface area contributed by atoms with Crippen LogP contribution in [0.15, 0.2) is 79.0 Å². The highest BCUT2D eigenvalue weighted by Gasteiger charge is 2.22. The average Bonchev–Trinajstić information content (AvgIpc) is 3.21. The Labute approximate surface area is 192 Å². The van der Waals surface area contributed by atoms with E-state index in [1.54, 1.807) is 7.11 Å². The second-order valence-corrected chi connectivity index (χ2v) is 7.96. The molecule has 0 aliphatic heterocycles. The van der Waals surface area contributed by atoms with Crippen LogP contribution in [0.4, 0.5) is 0 Å². The van der Waals surface area contributed by atoms with E-state index in [2.05, 4.69) is 10.3 Å². The number of carbonyl (C=O) groups is 1. The first-order valence-electron chi connectivity index (χ1n) is 10.5. The third-order valence-corrected chi connectivity index (χ3v) is 5.54. The van der Waals surface area contributed by atoms with Crippen LogP contribution in [0.3, 0.4) is 0 Å². The molecule has 1 aromatic heterocycles. The molecule has 32 heavy (non-hydrogen) atoms. The summed E-state index contributed by atoms with van der Waals surface area (Å²) in [7, 11) is 1.61. The Balaban J connectivity index is 1.68. The van der Waals surface area contributed by atoms with E-state index in [1.165, 1.54) is 0 Å². The van der Waals surface area contributed by atoms with Crippen LogP contribution in [0.25, 0.3) is 10.9 Å². The fraction of sp³-hybridized carbons (Fsp3) is 0.192. The molecule has 0 aliphatic carbocycles. The summed E-state index contributed by atoms with van der Waals surface area (Å²) >= 11 is 6.28. The predicted octanol–water partition coefficient (Wildman–Crippen LogP) is 5.90. The van der Waals surface area contributed by atoms with Crippen molar-refractivity contribution >= 4 is 28.4 Å². The summed E-state index contributed by atoms with van der Waals surface area (Å²) in [5, 5.41) is 4.59. The lowest BCUT2D eigenvalue weighted by Crippen LogP contribution is -2.28. The van der Waals surface area contributed by atoms with Gasteiger partial charge in [-0.3, -0.25) is 4.79 Å². The van der Waals surface area contributed by atoms with Gasteiger partial charge in [-0.05, 0) is 53.6 Å². The Hall–Kier alpha value is -3.28. The van der Waals surface area contributed by atoms with Crippen molar-refractivity contribution in [3.8, 4) is 11.5 Å². The van der Waals surface area contributed by atoms with E-state index in [9.17, 15) is 4.79 Å². The monoisotopic (exact) mass is 448 g/mol. The van der Waals surface area contributed by atoms with Gasteiger partial charge in [-0.1, -0.05) is 41.9 Å².